The molecule has 1 atom stereocenters. The van der Waals surface area contributed by atoms with Gasteiger partial charge >= 0.3 is 0 Å². The summed E-state index contributed by atoms with van der Waals surface area (Å²) in [5.74, 6) is -1.04. The predicted octanol–water partition coefficient (Wildman–Crippen LogP) is 3.38. The van der Waals surface area contributed by atoms with Crippen LogP contribution in [0.3, 0.4) is 0 Å². The SMILES string of the molecule is CC1(C)CC1(CNC(=O)CCCl)c1ccc(F)cc1F. The fourth-order valence-corrected chi connectivity index (χ4v) is 3.04. The van der Waals surface area contributed by atoms with E-state index in [1.54, 1.807) is 0 Å². The Morgan fingerprint density at radius 2 is 2.05 bits per heavy atom. The van der Waals surface area contributed by atoms with Crippen molar-refractivity contribution in [3.63, 3.8) is 0 Å². The van der Waals surface area contributed by atoms with Gasteiger partial charge < -0.3 is 5.32 Å². The second-order valence-corrected chi connectivity index (χ2v) is 6.36. The van der Waals surface area contributed by atoms with Crippen molar-refractivity contribution in [3.8, 4) is 0 Å². The molecule has 1 unspecified atom stereocenters. The van der Waals surface area contributed by atoms with Crippen LogP contribution < -0.4 is 5.32 Å². The molecule has 1 N–H and O–H groups in total. The van der Waals surface area contributed by atoms with Crippen molar-refractivity contribution in [1.82, 2.24) is 5.32 Å². The molecule has 1 saturated carbocycles. The molecule has 5 heteroatoms. The number of alkyl halides is 1. The lowest BCUT2D eigenvalue weighted by molar-refractivity contribution is -0.120. The van der Waals surface area contributed by atoms with Gasteiger partial charge in [0.1, 0.15) is 11.6 Å². The topological polar surface area (TPSA) is 29.1 Å². The molecule has 0 radical (unpaired) electrons. The maximum atomic E-state index is 14.0. The van der Waals surface area contributed by atoms with Gasteiger partial charge in [0.05, 0.1) is 0 Å². The number of benzene rings is 1. The van der Waals surface area contributed by atoms with Crippen molar-refractivity contribution in [3.05, 3.63) is 35.4 Å². The fourth-order valence-electron chi connectivity index (χ4n) is 2.87. The molecule has 0 saturated heterocycles. The smallest absolute Gasteiger partial charge is 0.221 e. The zero-order chi connectivity index (χ0) is 15.0. The van der Waals surface area contributed by atoms with Crippen molar-refractivity contribution in [1.29, 1.82) is 0 Å². The third-order valence-electron chi connectivity index (χ3n) is 4.27. The van der Waals surface area contributed by atoms with Gasteiger partial charge in [-0.25, -0.2) is 8.78 Å². The highest BCUT2D eigenvalue weighted by Crippen LogP contribution is 2.64. The zero-order valence-electron chi connectivity index (χ0n) is 11.6. The lowest BCUT2D eigenvalue weighted by Crippen LogP contribution is -2.35. The molecule has 20 heavy (non-hydrogen) atoms. The van der Waals surface area contributed by atoms with E-state index in [0.29, 0.717) is 12.1 Å². The van der Waals surface area contributed by atoms with Crippen LogP contribution in [0, 0.1) is 17.0 Å². The first-order chi connectivity index (χ1) is 9.32. The number of rotatable bonds is 5. The Hall–Kier alpha value is -1.16. The first-order valence-corrected chi connectivity index (χ1v) is 7.14. The Labute approximate surface area is 122 Å². The van der Waals surface area contributed by atoms with Gasteiger partial charge in [-0.2, -0.15) is 0 Å². The summed E-state index contributed by atoms with van der Waals surface area (Å²) in [6, 6.07) is 3.63. The van der Waals surface area contributed by atoms with E-state index in [4.69, 9.17) is 11.6 Å². The molecule has 0 heterocycles. The first-order valence-electron chi connectivity index (χ1n) is 6.61. The number of nitrogens with one attached hydrogen (secondary N) is 1. The van der Waals surface area contributed by atoms with Crippen molar-refractivity contribution in [2.75, 3.05) is 12.4 Å². The average Bonchev–Trinajstić information content (AvgIpc) is 2.90. The molecule has 1 fully saturated rings. The maximum absolute atomic E-state index is 14.0. The summed E-state index contributed by atoms with van der Waals surface area (Å²) in [6.45, 7) is 4.38. The Bertz CT molecular complexity index is 533. The van der Waals surface area contributed by atoms with Gasteiger partial charge in [-0.05, 0) is 23.5 Å². The number of carbonyl (C=O) groups is 1. The minimum Gasteiger partial charge on any atom is -0.355 e. The molecular weight excluding hydrogens is 284 g/mol. The van der Waals surface area contributed by atoms with E-state index in [9.17, 15) is 13.6 Å². The summed E-state index contributed by atoms with van der Waals surface area (Å²) < 4.78 is 27.1. The summed E-state index contributed by atoms with van der Waals surface area (Å²) in [5.41, 5.74) is -0.123. The van der Waals surface area contributed by atoms with Crippen LogP contribution in [0.4, 0.5) is 8.78 Å². The average molecular weight is 302 g/mol. The zero-order valence-corrected chi connectivity index (χ0v) is 12.4. The van der Waals surface area contributed by atoms with Crippen LogP contribution in [0.15, 0.2) is 18.2 Å². The molecule has 1 aliphatic carbocycles. The third-order valence-corrected chi connectivity index (χ3v) is 4.46. The summed E-state index contributed by atoms with van der Waals surface area (Å²) in [4.78, 5) is 11.5. The largest absolute Gasteiger partial charge is 0.355 e. The van der Waals surface area contributed by atoms with E-state index in [0.717, 1.165) is 12.5 Å². The highest BCUT2D eigenvalue weighted by atomic mass is 35.5. The number of halogens is 3. The van der Waals surface area contributed by atoms with Gasteiger partial charge in [-0.3, -0.25) is 4.79 Å². The van der Waals surface area contributed by atoms with Gasteiger partial charge in [-0.15, -0.1) is 11.6 Å². The molecule has 1 aromatic carbocycles. The highest BCUT2D eigenvalue weighted by Gasteiger charge is 2.62. The minimum absolute atomic E-state index is 0.125. The van der Waals surface area contributed by atoms with E-state index in [1.807, 2.05) is 13.8 Å². The summed E-state index contributed by atoms with van der Waals surface area (Å²) in [7, 11) is 0. The molecule has 0 bridgehead atoms. The van der Waals surface area contributed by atoms with Gasteiger partial charge in [0.15, 0.2) is 0 Å². The standard InChI is InChI=1S/C15H18ClF2NO/c1-14(2)8-15(14,9-19-13(20)5-6-16)11-4-3-10(17)7-12(11)18/h3-4,7H,5-6,8-9H2,1-2H3,(H,19,20). The number of carbonyl (C=O) groups excluding carboxylic acids is 1. The summed E-state index contributed by atoms with van der Waals surface area (Å²) >= 11 is 5.52. The second-order valence-electron chi connectivity index (χ2n) is 5.98. The van der Waals surface area contributed by atoms with Crippen LogP contribution in [-0.4, -0.2) is 18.3 Å². The molecule has 110 valence electrons. The molecule has 2 rings (SSSR count). The Kier molecular flexibility index (Phi) is 4.05. The minimum atomic E-state index is -0.592. The van der Waals surface area contributed by atoms with Gasteiger partial charge in [-0.1, -0.05) is 19.9 Å². The van der Waals surface area contributed by atoms with E-state index >= 15 is 0 Å². The first kappa shape index (κ1) is 15.2. The number of hydrogen-bond donors (Lipinski definition) is 1. The van der Waals surface area contributed by atoms with Crippen LogP contribution in [0.5, 0.6) is 0 Å². The summed E-state index contributed by atoms with van der Waals surface area (Å²) in [5, 5.41) is 2.80. The molecule has 0 aliphatic heterocycles. The summed E-state index contributed by atoms with van der Waals surface area (Å²) in [6.07, 6.45) is 0.994. The quantitative estimate of drug-likeness (QED) is 0.830. The van der Waals surface area contributed by atoms with Crippen molar-refractivity contribution in [2.45, 2.75) is 32.1 Å². The van der Waals surface area contributed by atoms with Crippen LogP contribution in [-0.2, 0) is 10.2 Å². The van der Waals surface area contributed by atoms with Gasteiger partial charge in [0.25, 0.3) is 0 Å². The normalized spacial score (nSPS) is 23.4. The molecule has 1 amide bonds. The van der Waals surface area contributed by atoms with Crippen LogP contribution in [0.1, 0.15) is 32.3 Å². The molecule has 2 nitrogen and oxygen atoms in total. The lowest BCUT2D eigenvalue weighted by Gasteiger charge is -2.22. The molecular formula is C15H18ClF2NO. The Morgan fingerprint density at radius 1 is 1.40 bits per heavy atom. The molecule has 1 aromatic rings. The molecule has 0 spiro atoms. The van der Waals surface area contributed by atoms with E-state index < -0.39 is 17.0 Å². The lowest BCUT2D eigenvalue weighted by atomic mass is 9.87. The van der Waals surface area contributed by atoms with Gasteiger partial charge in [0, 0.05) is 30.3 Å². The van der Waals surface area contributed by atoms with E-state index in [-0.39, 0.29) is 23.6 Å². The van der Waals surface area contributed by atoms with E-state index in [2.05, 4.69) is 5.32 Å². The monoisotopic (exact) mass is 301 g/mol. The predicted molar refractivity (Wildman–Crippen MR) is 74.8 cm³/mol. The molecule has 0 aromatic heterocycles. The fraction of sp³-hybridized carbons (Fsp3) is 0.533. The van der Waals surface area contributed by atoms with Crippen molar-refractivity contribution >= 4 is 17.5 Å². The van der Waals surface area contributed by atoms with Crippen molar-refractivity contribution < 1.29 is 13.6 Å². The maximum Gasteiger partial charge on any atom is 0.221 e. The second kappa shape index (κ2) is 5.32. The van der Waals surface area contributed by atoms with Crippen LogP contribution in [0.25, 0.3) is 0 Å². The highest BCUT2D eigenvalue weighted by molar-refractivity contribution is 6.18. The van der Waals surface area contributed by atoms with E-state index in [1.165, 1.54) is 12.1 Å². The van der Waals surface area contributed by atoms with Crippen LogP contribution in [0.2, 0.25) is 0 Å². The number of amides is 1. The van der Waals surface area contributed by atoms with Gasteiger partial charge in [0.2, 0.25) is 5.91 Å². The van der Waals surface area contributed by atoms with Crippen LogP contribution >= 0.6 is 11.6 Å². The Morgan fingerprint density at radius 3 is 2.55 bits per heavy atom. The third kappa shape index (κ3) is 2.66. The Balaban J connectivity index is 2.21. The number of hydrogen-bond acceptors (Lipinski definition) is 1. The van der Waals surface area contributed by atoms with Crippen molar-refractivity contribution in [2.24, 2.45) is 5.41 Å². The molecule has 1 aliphatic rings.